The molecule has 2 unspecified atom stereocenters. The molecular formula is C6H7FO2S. The molecule has 0 amide bonds. The summed E-state index contributed by atoms with van der Waals surface area (Å²) in [5, 5.41) is 0. The molecular weight excluding hydrogens is 155 g/mol. The van der Waals surface area contributed by atoms with E-state index >= 15 is 0 Å². The standard InChI is InChI=1S/C6H7FO2S/c1-2-5-3-4-10(8,9)6(5)7/h1,5-6H,3-4H2. The molecule has 0 aromatic carbocycles. The third-order valence-corrected chi connectivity index (χ3v) is 3.41. The highest BCUT2D eigenvalue weighted by Crippen LogP contribution is 2.26. The van der Waals surface area contributed by atoms with Crippen molar-refractivity contribution in [2.24, 2.45) is 5.92 Å². The van der Waals surface area contributed by atoms with Gasteiger partial charge < -0.3 is 0 Å². The van der Waals surface area contributed by atoms with Gasteiger partial charge in [0.25, 0.3) is 0 Å². The molecule has 1 saturated heterocycles. The van der Waals surface area contributed by atoms with Crippen LogP contribution in [0.15, 0.2) is 0 Å². The predicted molar refractivity (Wildman–Crippen MR) is 35.6 cm³/mol. The number of hydrogen-bond donors (Lipinski definition) is 0. The quantitative estimate of drug-likeness (QED) is 0.482. The summed E-state index contributed by atoms with van der Waals surface area (Å²) in [4.78, 5) is 0. The van der Waals surface area contributed by atoms with Crippen LogP contribution < -0.4 is 0 Å². The van der Waals surface area contributed by atoms with Gasteiger partial charge in [0, 0.05) is 0 Å². The Morgan fingerprint density at radius 1 is 1.60 bits per heavy atom. The van der Waals surface area contributed by atoms with Gasteiger partial charge in [-0.1, -0.05) is 5.92 Å². The first kappa shape index (κ1) is 7.55. The fourth-order valence-electron chi connectivity index (χ4n) is 0.944. The van der Waals surface area contributed by atoms with Gasteiger partial charge in [-0.3, -0.25) is 0 Å². The molecule has 4 heteroatoms. The SMILES string of the molecule is C#CC1CCS(=O)(=O)C1F. The van der Waals surface area contributed by atoms with E-state index in [-0.39, 0.29) is 12.2 Å². The third-order valence-electron chi connectivity index (χ3n) is 1.59. The fraction of sp³-hybridized carbons (Fsp3) is 0.667. The van der Waals surface area contributed by atoms with E-state index in [2.05, 4.69) is 5.92 Å². The van der Waals surface area contributed by atoms with E-state index < -0.39 is 21.3 Å². The molecule has 0 radical (unpaired) electrons. The molecule has 56 valence electrons. The summed E-state index contributed by atoms with van der Waals surface area (Å²) in [7, 11) is -3.50. The van der Waals surface area contributed by atoms with Crippen molar-refractivity contribution >= 4 is 9.84 Å². The van der Waals surface area contributed by atoms with Gasteiger partial charge in [-0.25, -0.2) is 12.8 Å². The van der Waals surface area contributed by atoms with E-state index in [0.29, 0.717) is 0 Å². The van der Waals surface area contributed by atoms with Gasteiger partial charge in [0.15, 0.2) is 9.84 Å². The lowest BCUT2D eigenvalue weighted by atomic mass is 10.1. The molecule has 0 N–H and O–H groups in total. The van der Waals surface area contributed by atoms with Crippen molar-refractivity contribution in [1.29, 1.82) is 0 Å². The Morgan fingerprint density at radius 3 is 2.40 bits per heavy atom. The zero-order chi connectivity index (χ0) is 7.78. The first-order valence-electron chi connectivity index (χ1n) is 2.89. The van der Waals surface area contributed by atoms with Gasteiger partial charge in [-0.15, -0.1) is 6.42 Å². The van der Waals surface area contributed by atoms with Crippen LogP contribution in [0.2, 0.25) is 0 Å². The Hall–Kier alpha value is -0.560. The lowest BCUT2D eigenvalue weighted by molar-refractivity contribution is 0.372. The maximum atomic E-state index is 12.6. The first-order chi connectivity index (χ1) is 4.58. The van der Waals surface area contributed by atoms with Crippen molar-refractivity contribution in [3.8, 4) is 12.3 Å². The Kier molecular flexibility index (Phi) is 1.69. The van der Waals surface area contributed by atoms with Gasteiger partial charge >= 0.3 is 0 Å². The molecule has 1 fully saturated rings. The minimum atomic E-state index is -3.50. The number of halogens is 1. The number of terminal acetylenes is 1. The van der Waals surface area contributed by atoms with E-state index in [1.165, 1.54) is 0 Å². The Labute approximate surface area is 59.3 Å². The van der Waals surface area contributed by atoms with Crippen molar-refractivity contribution in [1.82, 2.24) is 0 Å². The van der Waals surface area contributed by atoms with E-state index in [4.69, 9.17) is 6.42 Å². The van der Waals surface area contributed by atoms with Crippen LogP contribution in [-0.4, -0.2) is 19.7 Å². The third kappa shape index (κ3) is 1.01. The molecule has 0 saturated carbocycles. The minimum absolute atomic E-state index is 0.108. The predicted octanol–water partition coefficient (Wildman–Crippen LogP) is 0.350. The zero-order valence-corrected chi connectivity index (χ0v) is 6.07. The topological polar surface area (TPSA) is 34.1 Å². The molecule has 10 heavy (non-hydrogen) atoms. The number of hydrogen-bond acceptors (Lipinski definition) is 2. The van der Waals surface area contributed by atoms with Crippen LogP contribution in [0, 0.1) is 18.3 Å². The van der Waals surface area contributed by atoms with Gasteiger partial charge in [-0.2, -0.15) is 0 Å². The van der Waals surface area contributed by atoms with Crippen molar-refractivity contribution in [2.75, 3.05) is 5.75 Å². The second kappa shape index (κ2) is 2.24. The Balaban J connectivity index is 2.90. The second-order valence-corrected chi connectivity index (χ2v) is 4.46. The molecule has 1 rings (SSSR count). The normalized spacial score (nSPS) is 37.2. The van der Waals surface area contributed by atoms with Crippen LogP contribution in [0.1, 0.15) is 6.42 Å². The van der Waals surface area contributed by atoms with Crippen molar-refractivity contribution < 1.29 is 12.8 Å². The number of rotatable bonds is 0. The molecule has 1 heterocycles. The smallest absolute Gasteiger partial charge is 0.214 e. The highest BCUT2D eigenvalue weighted by molar-refractivity contribution is 7.92. The maximum absolute atomic E-state index is 12.6. The van der Waals surface area contributed by atoms with Crippen LogP contribution in [-0.2, 0) is 9.84 Å². The van der Waals surface area contributed by atoms with E-state index in [1.807, 2.05) is 0 Å². The highest BCUT2D eigenvalue weighted by atomic mass is 32.2. The maximum Gasteiger partial charge on any atom is 0.214 e. The van der Waals surface area contributed by atoms with Gasteiger partial charge in [0.05, 0.1) is 11.7 Å². The summed E-state index contributed by atoms with van der Waals surface area (Å²) in [6.07, 6.45) is 5.15. The van der Waals surface area contributed by atoms with Crippen molar-refractivity contribution in [3.05, 3.63) is 0 Å². The summed E-state index contributed by atoms with van der Waals surface area (Å²) < 4.78 is 34.0. The van der Waals surface area contributed by atoms with Crippen LogP contribution in [0.5, 0.6) is 0 Å². The fourth-order valence-corrected chi connectivity index (χ4v) is 2.47. The molecule has 2 nitrogen and oxygen atoms in total. The van der Waals surface area contributed by atoms with Crippen LogP contribution in [0.4, 0.5) is 4.39 Å². The summed E-state index contributed by atoms with van der Waals surface area (Å²) in [6.45, 7) is 0. The first-order valence-corrected chi connectivity index (χ1v) is 4.61. The molecule has 1 aliphatic rings. The van der Waals surface area contributed by atoms with Crippen LogP contribution >= 0.6 is 0 Å². The van der Waals surface area contributed by atoms with E-state index in [0.717, 1.165) is 0 Å². The van der Waals surface area contributed by atoms with Crippen molar-refractivity contribution in [3.63, 3.8) is 0 Å². The molecule has 0 aromatic rings. The van der Waals surface area contributed by atoms with Crippen molar-refractivity contribution in [2.45, 2.75) is 11.9 Å². The van der Waals surface area contributed by atoms with E-state index in [9.17, 15) is 12.8 Å². The summed E-state index contributed by atoms with van der Waals surface area (Å²) in [5.41, 5.74) is -1.82. The summed E-state index contributed by atoms with van der Waals surface area (Å²) >= 11 is 0. The highest BCUT2D eigenvalue weighted by Gasteiger charge is 2.39. The summed E-state index contributed by atoms with van der Waals surface area (Å²) in [6, 6.07) is 0. The van der Waals surface area contributed by atoms with Gasteiger partial charge in [0.2, 0.25) is 5.50 Å². The number of sulfone groups is 1. The monoisotopic (exact) mass is 162 g/mol. The molecule has 2 atom stereocenters. The second-order valence-electron chi connectivity index (χ2n) is 2.28. The summed E-state index contributed by atoms with van der Waals surface area (Å²) in [5.74, 6) is 1.29. The molecule has 0 spiro atoms. The Bertz CT molecular complexity index is 262. The van der Waals surface area contributed by atoms with Crippen LogP contribution in [0.25, 0.3) is 0 Å². The number of alkyl halides is 1. The average molecular weight is 162 g/mol. The largest absolute Gasteiger partial charge is 0.229 e. The molecule has 0 bridgehead atoms. The lowest BCUT2D eigenvalue weighted by Crippen LogP contribution is -2.15. The lowest BCUT2D eigenvalue weighted by Gasteiger charge is -2.00. The van der Waals surface area contributed by atoms with Gasteiger partial charge in [-0.05, 0) is 6.42 Å². The van der Waals surface area contributed by atoms with Crippen LogP contribution in [0.3, 0.4) is 0 Å². The van der Waals surface area contributed by atoms with E-state index in [1.54, 1.807) is 0 Å². The minimum Gasteiger partial charge on any atom is -0.229 e. The average Bonchev–Trinajstić information content (AvgIpc) is 2.10. The molecule has 0 aromatic heterocycles. The molecule has 0 aliphatic carbocycles. The zero-order valence-electron chi connectivity index (χ0n) is 5.25. The Morgan fingerprint density at radius 2 is 2.20 bits per heavy atom. The van der Waals surface area contributed by atoms with Gasteiger partial charge in [0.1, 0.15) is 0 Å². The molecule has 1 aliphatic heterocycles.